The molecule has 0 bridgehead atoms. The Morgan fingerprint density at radius 3 is 0.466 bits per heavy atom. The number of hydrogen-bond acceptors (Lipinski definition) is 20. The molecule has 12 aromatic carbocycles. The molecule has 562 valence electrons. The van der Waals surface area contributed by atoms with Gasteiger partial charge < -0.3 is 19.6 Å². The molecule has 0 fully saturated rings. The average Bonchev–Trinajstić information content (AvgIpc) is 0.689. The van der Waals surface area contributed by atoms with Crippen molar-refractivity contribution in [2.75, 3.05) is 19.6 Å². The minimum atomic E-state index is 0.657. The SMILES string of the molecule is CCc1ccc2ncncc2c1N(c1c(CC)ccc2ncncc12)c1cc(N(c2c(CC)ccc3ncncc23)c2c(CC)ccc3ncncc23)c2ccc3c(N(c4c(CC)ccc5ncncc45)c4c(CC)ccc5ncncc45)cc(N(c4c(CC)ccc5ncncc45)c4c(CC)ccc5ncncc45)c4ccc1c2c43. The van der Waals surface area contributed by atoms with Gasteiger partial charge in [0.05, 0.1) is 112 Å². The zero-order chi connectivity index (χ0) is 78.4. The van der Waals surface area contributed by atoms with Crippen molar-refractivity contribution in [1.29, 1.82) is 0 Å². The summed E-state index contributed by atoms with van der Waals surface area (Å²) < 4.78 is 0. The minimum Gasteiger partial charge on any atom is -0.308 e. The molecule has 0 spiro atoms. The lowest BCUT2D eigenvalue weighted by Crippen LogP contribution is -2.20. The molecular formula is C96H78N20. The molecule has 0 amide bonds. The minimum absolute atomic E-state index is 0.657. The molecule has 20 aromatic rings. The Morgan fingerprint density at radius 1 is 0.181 bits per heavy atom. The highest BCUT2D eigenvalue weighted by Crippen LogP contribution is 2.60. The molecule has 0 atom stereocenters. The summed E-state index contributed by atoms with van der Waals surface area (Å²) in [7, 11) is 0. The Hall–Kier alpha value is -14.4. The molecule has 0 saturated carbocycles. The summed E-state index contributed by atoms with van der Waals surface area (Å²) in [5.74, 6) is 0. The smallest absolute Gasteiger partial charge is 0.116 e. The van der Waals surface area contributed by atoms with Crippen molar-refractivity contribution in [3.05, 3.63) is 278 Å². The van der Waals surface area contributed by atoms with Crippen LogP contribution in [0.1, 0.15) is 99.9 Å². The molecule has 8 heterocycles. The van der Waals surface area contributed by atoms with Crippen LogP contribution in [0.3, 0.4) is 0 Å². The van der Waals surface area contributed by atoms with Crippen molar-refractivity contribution in [2.45, 2.75) is 107 Å². The van der Waals surface area contributed by atoms with Gasteiger partial charge in [-0.1, -0.05) is 128 Å². The maximum Gasteiger partial charge on any atom is 0.116 e. The molecule has 0 aliphatic rings. The standard InChI is InChI=1S/C96H78N20/c1-9-55-17-29-75-67(39-97-47-105-75)89(55)113(90-56(10-2)18-30-76-68(90)40-98-48-106-76)83-37-84(114(91-57(11-3)19-31-77-69(91)41-99-49-107-77)92-58(12-4)20-32-78-70(92)42-100-50-108-78)64-27-28-66-86(116(95-61(15-7)23-35-81-73(95)45-103-53-111-81)96-62(16-8)24-36-82-74(96)46-104-54-112-82)38-85(65-26-25-63(83)87(64)88(65)66)115(93-59(13-5)21-33-79-71(93)43-101-51-109-79)94-60(14-6)22-34-80-72(94)44-102-52-110-80/h17-54H,9-16H2,1-8H3. The fraction of sp³-hybridized carbons (Fsp3) is 0.167. The van der Waals surface area contributed by atoms with Crippen LogP contribution in [0, 0.1) is 0 Å². The molecule has 0 aliphatic carbocycles. The van der Waals surface area contributed by atoms with E-state index in [1.54, 1.807) is 50.6 Å². The molecule has 0 unspecified atom stereocenters. The summed E-state index contributed by atoms with van der Waals surface area (Å²) in [5.41, 5.74) is 25.8. The average molecular weight is 1510 g/mol. The number of nitrogens with zero attached hydrogens (tertiary/aromatic N) is 20. The zero-order valence-electron chi connectivity index (χ0n) is 65.5. The van der Waals surface area contributed by atoms with Crippen molar-refractivity contribution in [3.63, 3.8) is 0 Å². The number of rotatable bonds is 20. The number of hydrogen-bond donors (Lipinski definition) is 0. The topological polar surface area (TPSA) is 219 Å². The normalized spacial score (nSPS) is 11.9. The number of aryl methyl sites for hydroxylation is 8. The molecular weight excluding hydrogens is 1430 g/mol. The predicted molar refractivity (Wildman–Crippen MR) is 469 cm³/mol. The van der Waals surface area contributed by atoms with E-state index in [0.717, 1.165) is 232 Å². The first-order chi connectivity index (χ1) is 57.3. The molecule has 0 radical (unpaired) electrons. The lowest BCUT2D eigenvalue weighted by molar-refractivity contribution is 1.09. The monoisotopic (exact) mass is 1510 g/mol. The third-order valence-electron chi connectivity index (χ3n) is 23.6. The van der Waals surface area contributed by atoms with Crippen molar-refractivity contribution in [3.8, 4) is 0 Å². The van der Waals surface area contributed by atoms with Crippen molar-refractivity contribution in [2.24, 2.45) is 0 Å². The number of fused-ring (bicyclic) bond motifs is 8. The fourth-order valence-corrected chi connectivity index (χ4v) is 18.2. The molecule has 20 rings (SSSR count). The van der Waals surface area contributed by atoms with E-state index in [4.69, 9.17) is 79.7 Å². The molecule has 20 nitrogen and oxygen atoms in total. The predicted octanol–water partition coefficient (Wildman–Crippen LogP) is 22.5. The van der Waals surface area contributed by atoms with E-state index in [1.165, 1.54) is 0 Å². The quantitative estimate of drug-likeness (QED) is 0.0648. The van der Waals surface area contributed by atoms with Crippen LogP contribution in [0.25, 0.3) is 120 Å². The van der Waals surface area contributed by atoms with Crippen LogP contribution in [-0.2, 0) is 51.4 Å². The van der Waals surface area contributed by atoms with Crippen LogP contribution in [0.4, 0.5) is 68.2 Å². The maximum atomic E-state index is 5.08. The van der Waals surface area contributed by atoms with E-state index in [0.29, 0.717) is 51.4 Å². The van der Waals surface area contributed by atoms with Gasteiger partial charge in [0.15, 0.2) is 0 Å². The molecule has 116 heavy (non-hydrogen) atoms. The fourth-order valence-electron chi connectivity index (χ4n) is 18.2. The van der Waals surface area contributed by atoms with Gasteiger partial charge in [-0.05, 0) is 157 Å². The largest absolute Gasteiger partial charge is 0.308 e. The molecule has 0 saturated heterocycles. The van der Waals surface area contributed by atoms with Gasteiger partial charge in [0, 0.05) is 125 Å². The van der Waals surface area contributed by atoms with Crippen LogP contribution >= 0.6 is 0 Å². The van der Waals surface area contributed by atoms with Gasteiger partial charge in [0.25, 0.3) is 0 Å². The first kappa shape index (κ1) is 70.7. The van der Waals surface area contributed by atoms with Crippen molar-refractivity contribution in [1.82, 2.24) is 79.7 Å². The first-order valence-corrected chi connectivity index (χ1v) is 40.0. The van der Waals surface area contributed by atoms with Gasteiger partial charge in [0.2, 0.25) is 0 Å². The molecule has 0 N–H and O–H groups in total. The highest BCUT2D eigenvalue weighted by Gasteiger charge is 2.36. The van der Waals surface area contributed by atoms with E-state index in [1.807, 2.05) is 49.6 Å². The highest BCUT2D eigenvalue weighted by molar-refractivity contribution is 6.35. The lowest BCUT2D eigenvalue weighted by atomic mass is 9.87. The van der Waals surface area contributed by atoms with Crippen LogP contribution < -0.4 is 19.6 Å². The van der Waals surface area contributed by atoms with Crippen LogP contribution in [-0.4, -0.2) is 79.7 Å². The second-order valence-corrected chi connectivity index (χ2v) is 29.3. The molecule has 8 aromatic heterocycles. The van der Waals surface area contributed by atoms with Gasteiger partial charge in [-0.2, -0.15) is 0 Å². The number of benzene rings is 12. The first-order valence-electron chi connectivity index (χ1n) is 40.0. The van der Waals surface area contributed by atoms with Crippen LogP contribution in [0.5, 0.6) is 0 Å². The Morgan fingerprint density at radius 2 is 0.328 bits per heavy atom. The highest BCUT2D eigenvalue weighted by atomic mass is 15.2. The number of anilines is 12. The maximum absolute atomic E-state index is 5.08. The van der Waals surface area contributed by atoms with Crippen LogP contribution in [0.2, 0.25) is 0 Å². The van der Waals surface area contributed by atoms with Crippen molar-refractivity contribution < 1.29 is 0 Å². The second kappa shape index (κ2) is 29.0. The Bertz CT molecular complexity index is 6150. The number of aromatic nitrogens is 16. The van der Waals surface area contributed by atoms with Crippen LogP contribution in [0.15, 0.2) is 234 Å². The lowest BCUT2D eigenvalue weighted by Gasteiger charge is -2.38. The summed E-state index contributed by atoms with van der Waals surface area (Å²) in [5, 5.41) is 12.7. The second-order valence-electron chi connectivity index (χ2n) is 29.3. The van der Waals surface area contributed by atoms with E-state index >= 15 is 0 Å². The summed E-state index contributed by atoms with van der Waals surface area (Å²) in [4.78, 5) is 90.1. The third kappa shape index (κ3) is 11.1. The summed E-state index contributed by atoms with van der Waals surface area (Å²) in [6.07, 6.45) is 34.2. The van der Waals surface area contributed by atoms with E-state index in [9.17, 15) is 0 Å². The van der Waals surface area contributed by atoms with E-state index < -0.39 is 0 Å². The Labute approximate surface area is 668 Å². The summed E-state index contributed by atoms with van der Waals surface area (Å²) >= 11 is 0. The summed E-state index contributed by atoms with van der Waals surface area (Å²) in [6, 6.07) is 49.3. The van der Waals surface area contributed by atoms with Gasteiger partial charge >= 0.3 is 0 Å². The van der Waals surface area contributed by atoms with Gasteiger partial charge in [-0.25, -0.2) is 79.7 Å². The zero-order valence-corrected chi connectivity index (χ0v) is 65.5. The Kier molecular flexibility index (Phi) is 17.7. The Balaban J connectivity index is 1.09. The van der Waals surface area contributed by atoms with E-state index in [2.05, 4.69) is 208 Å². The molecule has 20 heteroatoms. The third-order valence-corrected chi connectivity index (χ3v) is 23.6. The summed E-state index contributed by atoms with van der Waals surface area (Å²) in [6.45, 7) is 17.9. The molecule has 0 aliphatic heterocycles. The van der Waals surface area contributed by atoms with Gasteiger partial charge in [-0.15, -0.1) is 0 Å². The van der Waals surface area contributed by atoms with Gasteiger partial charge in [-0.3, -0.25) is 0 Å². The van der Waals surface area contributed by atoms with Gasteiger partial charge in [0.1, 0.15) is 50.6 Å². The van der Waals surface area contributed by atoms with Crippen molar-refractivity contribution >= 4 is 188 Å². The van der Waals surface area contributed by atoms with E-state index in [-0.39, 0.29) is 0 Å².